The lowest BCUT2D eigenvalue weighted by molar-refractivity contribution is -0.302. The summed E-state index contributed by atoms with van der Waals surface area (Å²) in [5, 5.41) is 54.8. The summed E-state index contributed by atoms with van der Waals surface area (Å²) in [6, 6.07) is -0.719. The van der Waals surface area contributed by atoms with E-state index in [4.69, 9.17) is 9.47 Å². The monoisotopic (exact) mass is 1050 g/mol. The molecule has 0 aliphatic carbocycles. The number of carbonyl (C=O) groups is 1. The van der Waals surface area contributed by atoms with Gasteiger partial charge in [-0.3, -0.25) is 4.79 Å². The standard InChI is InChI=1S/C65H127NO8/c1-3-5-7-9-11-13-15-17-19-21-23-25-26-27-28-29-30-31-32-33-35-36-38-40-42-44-46-48-50-52-54-59(68)58(57-73-65-64(72)63(71)62(70)60(56-67)74-65)66-61(69)55-53-51-49-47-45-43-41-39-37-34-24-22-20-18-16-14-12-10-8-6-4-2/h22,24,58-60,62-65,67-68,70-72H,3-21,23,25-57H2,1-2H3,(H,66,69)/b24-22-. The van der Waals surface area contributed by atoms with Crippen LogP contribution in [0, 0.1) is 0 Å². The van der Waals surface area contributed by atoms with Gasteiger partial charge in [0.1, 0.15) is 24.4 Å². The molecule has 1 amide bonds. The first-order valence-electron chi connectivity index (χ1n) is 32.9. The average molecular weight is 1050 g/mol. The minimum atomic E-state index is -1.55. The Morgan fingerprint density at radius 1 is 0.446 bits per heavy atom. The van der Waals surface area contributed by atoms with Gasteiger partial charge in [-0.15, -0.1) is 0 Å². The lowest BCUT2D eigenvalue weighted by Crippen LogP contribution is -2.60. The Morgan fingerprint density at radius 3 is 1.09 bits per heavy atom. The summed E-state index contributed by atoms with van der Waals surface area (Å²) in [6.45, 7) is 3.89. The molecule has 1 rings (SSSR count). The molecule has 440 valence electrons. The molecule has 0 saturated carbocycles. The molecule has 0 aromatic heterocycles. The van der Waals surface area contributed by atoms with Gasteiger partial charge in [0.15, 0.2) is 6.29 Å². The van der Waals surface area contributed by atoms with E-state index in [1.807, 2.05) is 0 Å². The van der Waals surface area contributed by atoms with Crippen molar-refractivity contribution in [2.24, 2.45) is 0 Å². The van der Waals surface area contributed by atoms with Crippen LogP contribution in [0.1, 0.15) is 341 Å². The molecule has 9 heteroatoms. The number of amides is 1. The molecular weight excluding hydrogens is 923 g/mol. The normalized spacial score (nSPS) is 18.9. The van der Waals surface area contributed by atoms with Crippen molar-refractivity contribution in [1.82, 2.24) is 5.32 Å². The van der Waals surface area contributed by atoms with Crippen molar-refractivity contribution in [3.05, 3.63) is 12.2 Å². The molecule has 9 nitrogen and oxygen atoms in total. The smallest absolute Gasteiger partial charge is 0.220 e. The van der Waals surface area contributed by atoms with Gasteiger partial charge in [-0.2, -0.15) is 0 Å². The maximum Gasteiger partial charge on any atom is 0.220 e. The molecule has 0 bridgehead atoms. The second kappa shape index (κ2) is 55.3. The average Bonchev–Trinajstić information content (AvgIpc) is 3.40. The van der Waals surface area contributed by atoms with Crippen LogP contribution in [-0.2, 0) is 14.3 Å². The zero-order chi connectivity index (χ0) is 53.6. The van der Waals surface area contributed by atoms with Crippen molar-refractivity contribution >= 4 is 5.91 Å². The van der Waals surface area contributed by atoms with Crippen LogP contribution in [0.15, 0.2) is 12.2 Å². The van der Waals surface area contributed by atoms with Crippen LogP contribution in [0.5, 0.6) is 0 Å². The maximum atomic E-state index is 13.1. The zero-order valence-electron chi connectivity index (χ0n) is 49.1. The molecule has 1 heterocycles. The minimum absolute atomic E-state index is 0.134. The third kappa shape index (κ3) is 43.9. The molecule has 0 radical (unpaired) electrons. The third-order valence-corrected chi connectivity index (χ3v) is 16.1. The molecule has 0 aromatic rings. The topological polar surface area (TPSA) is 149 Å². The highest BCUT2D eigenvalue weighted by molar-refractivity contribution is 5.76. The summed E-state index contributed by atoms with van der Waals surface area (Å²) < 4.78 is 11.4. The summed E-state index contributed by atoms with van der Waals surface area (Å²) in [7, 11) is 0. The van der Waals surface area contributed by atoms with Gasteiger partial charge in [-0.25, -0.2) is 0 Å². The second-order valence-corrected chi connectivity index (χ2v) is 23.3. The first-order chi connectivity index (χ1) is 36.3. The van der Waals surface area contributed by atoms with E-state index in [9.17, 15) is 30.3 Å². The number of aliphatic hydroxyl groups is 5. The number of aliphatic hydroxyl groups excluding tert-OH is 5. The predicted molar refractivity (Wildman–Crippen MR) is 314 cm³/mol. The van der Waals surface area contributed by atoms with Crippen molar-refractivity contribution in [1.29, 1.82) is 0 Å². The van der Waals surface area contributed by atoms with Gasteiger partial charge in [0.2, 0.25) is 5.91 Å². The summed E-state index contributed by atoms with van der Waals surface area (Å²) in [5.74, 6) is -0.140. The largest absolute Gasteiger partial charge is 0.394 e. The zero-order valence-corrected chi connectivity index (χ0v) is 49.1. The van der Waals surface area contributed by atoms with Crippen LogP contribution >= 0.6 is 0 Å². The fraction of sp³-hybridized carbons (Fsp3) is 0.954. The Labute approximate surface area is 458 Å². The van der Waals surface area contributed by atoms with E-state index < -0.39 is 49.5 Å². The first-order valence-corrected chi connectivity index (χ1v) is 32.9. The van der Waals surface area contributed by atoms with E-state index >= 15 is 0 Å². The van der Waals surface area contributed by atoms with Gasteiger partial charge < -0.3 is 40.3 Å². The van der Waals surface area contributed by atoms with E-state index in [0.29, 0.717) is 12.8 Å². The highest BCUT2D eigenvalue weighted by Crippen LogP contribution is 2.24. The van der Waals surface area contributed by atoms with Gasteiger partial charge in [-0.1, -0.05) is 309 Å². The number of allylic oxidation sites excluding steroid dienone is 2. The van der Waals surface area contributed by atoms with Gasteiger partial charge >= 0.3 is 0 Å². The lowest BCUT2D eigenvalue weighted by atomic mass is 9.99. The Bertz CT molecular complexity index is 1170. The SMILES string of the molecule is CCCCCCCCCC/C=C\CCCCCCCCCCCC(=O)NC(COC1OC(CO)C(O)C(O)C1O)C(O)CCCCCCCCCCCCCCCCCCCCCCCCCCCCCCCC. The molecule has 74 heavy (non-hydrogen) atoms. The number of unbranched alkanes of at least 4 members (excludes halogenated alkanes) is 46. The van der Waals surface area contributed by atoms with Crippen LogP contribution in [0.4, 0.5) is 0 Å². The van der Waals surface area contributed by atoms with E-state index in [0.717, 1.165) is 38.5 Å². The van der Waals surface area contributed by atoms with Gasteiger partial charge in [0, 0.05) is 6.42 Å². The Balaban J connectivity index is 2.12. The van der Waals surface area contributed by atoms with Crippen molar-refractivity contribution in [3.63, 3.8) is 0 Å². The summed E-state index contributed by atoms with van der Waals surface area (Å²) in [4.78, 5) is 13.1. The molecular formula is C65H127NO8. The number of hydrogen-bond donors (Lipinski definition) is 6. The number of hydrogen-bond acceptors (Lipinski definition) is 8. The number of carbonyl (C=O) groups excluding carboxylic acids is 1. The Kier molecular flexibility index (Phi) is 53.0. The fourth-order valence-electron chi connectivity index (χ4n) is 10.9. The fourth-order valence-corrected chi connectivity index (χ4v) is 10.9. The maximum absolute atomic E-state index is 13.1. The summed E-state index contributed by atoms with van der Waals surface area (Å²) in [5.41, 5.74) is 0. The van der Waals surface area contributed by atoms with Crippen LogP contribution in [0.2, 0.25) is 0 Å². The summed E-state index contributed by atoms with van der Waals surface area (Å²) >= 11 is 0. The van der Waals surface area contributed by atoms with Gasteiger partial charge in [-0.05, 0) is 38.5 Å². The van der Waals surface area contributed by atoms with E-state index in [1.165, 1.54) is 276 Å². The molecule has 1 fully saturated rings. The molecule has 7 unspecified atom stereocenters. The van der Waals surface area contributed by atoms with Crippen LogP contribution in [-0.4, -0.2) is 87.5 Å². The van der Waals surface area contributed by atoms with Crippen molar-refractivity contribution in [3.8, 4) is 0 Å². The number of nitrogens with one attached hydrogen (secondary N) is 1. The first kappa shape index (κ1) is 70.9. The van der Waals surface area contributed by atoms with Crippen molar-refractivity contribution in [2.75, 3.05) is 13.2 Å². The lowest BCUT2D eigenvalue weighted by Gasteiger charge is -2.40. The molecule has 1 saturated heterocycles. The third-order valence-electron chi connectivity index (χ3n) is 16.1. The number of rotatable bonds is 58. The highest BCUT2D eigenvalue weighted by atomic mass is 16.7. The molecule has 1 aliphatic heterocycles. The van der Waals surface area contributed by atoms with E-state index in [-0.39, 0.29) is 12.5 Å². The predicted octanol–water partition coefficient (Wildman–Crippen LogP) is 17.1. The van der Waals surface area contributed by atoms with E-state index in [2.05, 4.69) is 31.3 Å². The minimum Gasteiger partial charge on any atom is -0.394 e. The quantitative estimate of drug-likeness (QED) is 0.0261. The Morgan fingerprint density at radius 2 is 0.757 bits per heavy atom. The molecule has 0 aromatic carbocycles. The van der Waals surface area contributed by atoms with Crippen LogP contribution < -0.4 is 5.32 Å². The highest BCUT2D eigenvalue weighted by Gasteiger charge is 2.44. The second-order valence-electron chi connectivity index (χ2n) is 23.3. The van der Waals surface area contributed by atoms with Crippen molar-refractivity contribution in [2.45, 2.75) is 384 Å². The molecule has 6 N–H and O–H groups in total. The number of ether oxygens (including phenoxy) is 2. The molecule has 1 aliphatic rings. The molecule has 7 atom stereocenters. The Hall–Kier alpha value is -1.07. The van der Waals surface area contributed by atoms with Crippen LogP contribution in [0.3, 0.4) is 0 Å². The van der Waals surface area contributed by atoms with Crippen molar-refractivity contribution < 1.29 is 39.8 Å². The van der Waals surface area contributed by atoms with E-state index in [1.54, 1.807) is 0 Å². The van der Waals surface area contributed by atoms with Crippen LogP contribution in [0.25, 0.3) is 0 Å². The summed E-state index contributed by atoms with van der Waals surface area (Å²) in [6.07, 6.45) is 62.7. The van der Waals surface area contributed by atoms with Gasteiger partial charge in [0.25, 0.3) is 0 Å². The van der Waals surface area contributed by atoms with Gasteiger partial charge in [0.05, 0.1) is 25.4 Å². The molecule has 0 spiro atoms.